The Morgan fingerprint density at radius 2 is 2.12 bits per heavy atom. The number of hydroxylamine groups is 2. The molecule has 86 valence electrons. The molecule has 1 aliphatic heterocycles. The summed E-state index contributed by atoms with van der Waals surface area (Å²) in [5, 5.41) is 24.8. The molecule has 1 aromatic heterocycles. The Morgan fingerprint density at radius 3 is 2.81 bits per heavy atom. The number of nitrogens with one attached hydrogen (secondary N) is 1. The number of hydrogen-bond acceptors (Lipinski definition) is 7. The molecule has 0 saturated heterocycles. The van der Waals surface area contributed by atoms with E-state index in [1.807, 2.05) is 17.5 Å². The molecule has 0 atom stereocenters. The number of allylic oxidation sites excluding steroid dienone is 2. The maximum atomic E-state index is 9.50. The smallest absolute Gasteiger partial charge is 0.153 e. The summed E-state index contributed by atoms with van der Waals surface area (Å²) < 4.78 is 0. The Morgan fingerprint density at radius 1 is 1.31 bits per heavy atom. The van der Waals surface area contributed by atoms with Crippen molar-refractivity contribution in [2.45, 2.75) is 6.54 Å². The number of nitrogens with zero attached hydrogens (tertiary/aromatic N) is 2. The summed E-state index contributed by atoms with van der Waals surface area (Å²) in [4.78, 5) is 1.13. The monoisotopic (exact) mass is 240 g/mol. The van der Waals surface area contributed by atoms with E-state index in [4.69, 9.17) is 5.73 Å². The highest BCUT2D eigenvalue weighted by atomic mass is 32.1. The highest BCUT2D eigenvalue weighted by Crippen LogP contribution is 2.13. The number of hydrogen-bond donors (Lipinski definition) is 4. The van der Waals surface area contributed by atoms with Gasteiger partial charge in [-0.15, -0.1) is 21.7 Å². The molecule has 0 unspecified atom stereocenters. The molecule has 0 aliphatic carbocycles. The molecule has 2 heterocycles. The average molecular weight is 240 g/mol. The summed E-state index contributed by atoms with van der Waals surface area (Å²) in [6, 6.07) is 3.92. The summed E-state index contributed by atoms with van der Waals surface area (Å²) in [5.74, 6) is 0.397. The number of thiophene rings is 1. The van der Waals surface area contributed by atoms with E-state index in [1.54, 1.807) is 17.4 Å². The van der Waals surface area contributed by atoms with Crippen LogP contribution in [0.2, 0.25) is 0 Å². The van der Waals surface area contributed by atoms with Gasteiger partial charge in [0.15, 0.2) is 11.6 Å². The van der Waals surface area contributed by atoms with Gasteiger partial charge in [0, 0.05) is 4.88 Å². The maximum Gasteiger partial charge on any atom is 0.153 e. The molecule has 16 heavy (non-hydrogen) atoms. The topological polar surface area (TPSA) is 85.0 Å². The first-order chi connectivity index (χ1) is 7.68. The van der Waals surface area contributed by atoms with Crippen molar-refractivity contribution in [3.63, 3.8) is 0 Å². The van der Waals surface area contributed by atoms with Gasteiger partial charge in [-0.3, -0.25) is 10.4 Å². The molecule has 1 aromatic rings. The molecular formula is C9H12N4O2S. The predicted octanol–water partition coefficient (Wildman–Crippen LogP) is 0.790. The quantitative estimate of drug-likeness (QED) is 0.625. The zero-order chi connectivity index (χ0) is 11.5. The van der Waals surface area contributed by atoms with Crippen molar-refractivity contribution >= 4 is 11.3 Å². The van der Waals surface area contributed by atoms with Crippen molar-refractivity contribution in [2.24, 2.45) is 5.73 Å². The molecule has 0 fully saturated rings. The highest BCUT2D eigenvalue weighted by molar-refractivity contribution is 7.09. The van der Waals surface area contributed by atoms with Crippen molar-refractivity contribution < 1.29 is 10.4 Å². The predicted molar refractivity (Wildman–Crippen MR) is 58.8 cm³/mol. The van der Waals surface area contributed by atoms with Crippen LogP contribution >= 0.6 is 11.3 Å². The number of rotatable bonds is 3. The summed E-state index contributed by atoms with van der Waals surface area (Å²) >= 11 is 1.61. The Hall–Kier alpha value is -1.70. The van der Waals surface area contributed by atoms with E-state index < -0.39 is 0 Å². The van der Waals surface area contributed by atoms with Crippen LogP contribution in [0.3, 0.4) is 0 Å². The van der Waals surface area contributed by atoms with Gasteiger partial charge in [-0.25, -0.2) is 0 Å². The van der Waals surface area contributed by atoms with Gasteiger partial charge in [-0.2, -0.15) is 0 Å². The van der Waals surface area contributed by atoms with Crippen molar-refractivity contribution in [3.8, 4) is 0 Å². The summed E-state index contributed by atoms with van der Waals surface area (Å²) in [7, 11) is 0. The van der Waals surface area contributed by atoms with Gasteiger partial charge < -0.3 is 11.1 Å². The van der Waals surface area contributed by atoms with Crippen LogP contribution in [0.5, 0.6) is 0 Å². The fraction of sp³-hybridized carbons (Fsp3) is 0.111. The van der Waals surface area contributed by atoms with Crippen LogP contribution < -0.4 is 11.1 Å². The van der Waals surface area contributed by atoms with E-state index in [9.17, 15) is 10.4 Å². The molecule has 2 rings (SSSR count). The molecule has 0 aromatic carbocycles. The second-order valence-electron chi connectivity index (χ2n) is 3.16. The molecule has 7 heteroatoms. The first-order valence-electron chi connectivity index (χ1n) is 4.60. The third-order valence-corrected chi connectivity index (χ3v) is 2.94. The third kappa shape index (κ3) is 2.11. The lowest BCUT2D eigenvalue weighted by Crippen LogP contribution is -2.44. The lowest BCUT2D eigenvalue weighted by atomic mass is 10.4. The molecule has 0 amide bonds. The molecule has 5 N–H and O–H groups in total. The van der Waals surface area contributed by atoms with Gasteiger partial charge in [0.1, 0.15) is 0 Å². The summed E-state index contributed by atoms with van der Waals surface area (Å²) in [6.45, 7) is 0.572. The van der Waals surface area contributed by atoms with Crippen LogP contribution in [-0.4, -0.2) is 20.8 Å². The minimum absolute atomic E-state index is 0.0455. The molecule has 0 radical (unpaired) electrons. The molecule has 0 saturated carbocycles. The van der Waals surface area contributed by atoms with E-state index in [0.717, 1.165) is 4.88 Å². The average Bonchev–Trinajstić information content (AvgIpc) is 2.78. The third-order valence-electron chi connectivity index (χ3n) is 2.06. The summed E-state index contributed by atoms with van der Waals surface area (Å²) in [6.07, 6.45) is 3.07. The zero-order valence-electron chi connectivity index (χ0n) is 8.37. The lowest BCUT2D eigenvalue weighted by molar-refractivity contribution is -0.333. The minimum atomic E-state index is 0.0455. The van der Waals surface area contributed by atoms with Crippen LogP contribution in [0, 0.1) is 0 Å². The van der Waals surface area contributed by atoms with Crippen LogP contribution in [0.4, 0.5) is 0 Å². The van der Waals surface area contributed by atoms with Crippen LogP contribution in [-0.2, 0) is 6.54 Å². The van der Waals surface area contributed by atoms with Crippen LogP contribution in [0.15, 0.2) is 41.3 Å². The van der Waals surface area contributed by atoms with E-state index in [2.05, 4.69) is 5.32 Å². The van der Waals surface area contributed by atoms with E-state index in [1.165, 1.54) is 6.08 Å². The fourth-order valence-corrected chi connectivity index (χ4v) is 1.87. The van der Waals surface area contributed by atoms with Gasteiger partial charge in [0.2, 0.25) is 0 Å². The normalized spacial score (nSPS) is 15.9. The molecule has 6 nitrogen and oxygen atoms in total. The van der Waals surface area contributed by atoms with Crippen molar-refractivity contribution in [2.75, 3.05) is 0 Å². The molecule has 0 bridgehead atoms. The Bertz CT molecular complexity index is 415. The Kier molecular flexibility index (Phi) is 3.00. The maximum absolute atomic E-state index is 9.50. The van der Waals surface area contributed by atoms with E-state index >= 15 is 0 Å². The second kappa shape index (κ2) is 4.44. The standard InChI is InChI=1S/C9H12N4O2S/c10-8-3-4-9(13(15)12(8)14)11-6-7-2-1-5-16-7/h1-5,11,14-15H,6,10H2. The van der Waals surface area contributed by atoms with E-state index in [-0.39, 0.29) is 5.82 Å². The lowest BCUT2D eigenvalue weighted by Gasteiger charge is -2.30. The first kappa shape index (κ1) is 10.8. The zero-order valence-corrected chi connectivity index (χ0v) is 9.18. The number of nitrogens with two attached hydrogens (primary N) is 1. The molecule has 0 spiro atoms. The molecular weight excluding hydrogens is 228 g/mol. The summed E-state index contributed by atoms with van der Waals surface area (Å²) in [5.41, 5.74) is 5.39. The van der Waals surface area contributed by atoms with Gasteiger partial charge >= 0.3 is 0 Å². The minimum Gasteiger partial charge on any atom is -0.382 e. The van der Waals surface area contributed by atoms with Gasteiger partial charge in [0.25, 0.3) is 0 Å². The SMILES string of the molecule is NC1=CC=C(NCc2cccs2)N(O)N1O. The first-order valence-corrected chi connectivity index (χ1v) is 5.48. The van der Waals surface area contributed by atoms with Gasteiger partial charge in [0.05, 0.1) is 6.54 Å². The van der Waals surface area contributed by atoms with Gasteiger partial charge in [-0.05, 0) is 23.6 Å². The van der Waals surface area contributed by atoms with Crippen LogP contribution in [0.1, 0.15) is 4.88 Å². The Labute approximate surface area is 96.4 Å². The fourth-order valence-electron chi connectivity index (χ4n) is 1.23. The van der Waals surface area contributed by atoms with Crippen LogP contribution in [0.25, 0.3) is 0 Å². The van der Waals surface area contributed by atoms with Crippen molar-refractivity contribution in [1.82, 2.24) is 15.7 Å². The van der Waals surface area contributed by atoms with Crippen molar-refractivity contribution in [3.05, 3.63) is 46.2 Å². The molecule has 1 aliphatic rings. The largest absolute Gasteiger partial charge is 0.382 e. The van der Waals surface area contributed by atoms with Crippen molar-refractivity contribution in [1.29, 1.82) is 0 Å². The second-order valence-corrected chi connectivity index (χ2v) is 4.19. The number of hydrazine groups is 1. The van der Waals surface area contributed by atoms with Gasteiger partial charge in [-0.1, -0.05) is 6.07 Å². The highest BCUT2D eigenvalue weighted by Gasteiger charge is 2.18. The Balaban J connectivity index is 2.00. The van der Waals surface area contributed by atoms with E-state index in [0.29, 0.717) is 22.7 Å².